The van der Waals surface area contributed by atoms with Crippen LogP contribution < -0.4 is 5.73 Å². The largest absolute Gasteiger partial charge is 0.396 e. The minimum Gasteiger partial charge on any atom is -0.396 e. The highest BCUT2D eigenvalue weighted by atomic mass is 16.3. The highest BCUT2D eigenvalue weighted by Crippen LogP contribution is 2.05. The number of aliphatic hydroxyl groups excluding tert-OH is 1. The van der Waals surface area contributed by atoms with Gasteiger partial charge in [-0.2, -0.15) is 0 Å². The minimum absolute atomic E-state index is 0.182. The molecular formula is C8H16N4O. The first-order chi connectivity index (χ1) is 6.33. The highest BCUT2D eigenvalue weighted by Gasteiger charge is 2.08. The number of aromatic nitrogens is 3. The van der Waals surface area contributed by atoms with Crippen molar-refractivity contribution in [2.75, 3.05) is 6.61 Å². The predicted molar refractivity (Wildman–Crippen MR) is 49.0 cm³/mol. The number of hydrogen-bond acceptors (Lipinski definition) is 4. The molecule has 1 rings (SSSR count). The maximum Gasteiger partial charge on any atom is 0.0994 e. The topological polar surface area (TPSA) is 77.0 Å². The van der Waals surface area contributed by atoms with Crippen LogP contribution in [0.5, 0.6) is 0 Å². The van der Waals surface area contributed by atoms with Crippen molar-refractivity contribution in [2.24, 2.45) is 5.73 Å². The number of nitrogens with zero attached hydrogens (tertiary/aromatic N) is 3. The van der Waals surface area contributed by atoms with E-state index in [0.717, 1.165) is 17.8 Å². The van der Waals surface area contributed by atoms with Crippen LogP contribution in [0.4, 0.5) is 0 Å². The van der Waals surface area contributed by atoms with E-state index in [1.807, 2.05) is 11.6 Å². The SMILES string of the molecule is CCc1c(CN)nnn1CCCO. The molecular weight excluding hydrogens is 168 g/mol. The summed E-state index contributed by atoms with van der Waals surface area (Å²) in [4.78, 5) is 0. The summed E-state index contributed by atoms with van der Waals surface area (Å²) in [7, 11) is 0. The Labute approximate surface area is 77.6 Å². The summed E-state index contributed by atoms with van der Waals surface area (Å²) in [6.07, 6.45) is 1.59. The molecule has 5 nitrogen and oxygen atoms in total. The van der Waals surface area contributed by atoms with Gasteiger partial charge in [0.15, 0.2) is 0 Å². The Morgan fingerprint density at radius 2 is 2.31 bits per heavy atom. The van der Waals surface area contributed by atoms with E-state index >= 15 is 0 Å². The van der Waals surface area contributed by atoms with Crippen molar-refractivity contribution in [3.8, 4) is 0 Å². The summed E-state index contributed by atoms with van der Waals surface area (Å²) in [5.41, 5.74) is 7.44. The maximum atomic E-state index is 8.67. The monoisotopic (exact) mass is 184 g/mol. The lowest BCUT2D eigenvalue weighted by Crippen LogP contribution is -2.08. The zero-order chi connectivity index (χ0) is 9.68. The molecule has 0 bridgehead atoms. The quantitative estimate of drug-likeness (QED) is 0.657. The van der Waals surface area contributed by atoms with Crippen molar-refractivity contribution in [1.82, 2.24) is 15.0 Å². The van der Waals surface area contributed by atoms with Crippen molar-refractivity contribution >= 4 is 0 Å². The summed E-state index contributed by atoms with van der Waals surface area (Å²) in [5, 5.41) is 16.6. The van der Waals surface area contributed by atoms with Gasteiger partial charge in [-0.3, -0.25) is 0 Å². The van der Waals surface area contributed by atoms with Gasteiger partial charge in [0.05, 0.1) is 11.4 Å². The third kappa shape index (κ3) is 2.26. The number of rotatable bonds is 5. The van der Waals surface area contributed by atoms with Crippen molar-refractivity contribution in [3.63, 3.8) is 0 Å². The second-order valence-electron chi connectivity index (χ2n) is 2.84. The molecule has 0 spiro atoms. The van der Waals surface area contributed by atoms with Crippen LogP contribution >= 0.6 is 0 Å². The predicted octanol–water partition coefficient (Wildman–Crippen LogP) is -0.318. The molecule has 74 valence electrons. The molecule has 0 amide bonds. The molecule has 0 aliphatic heterocycles. The molecule has 5 heteroatoms. The van der Waals surface area contributed by atoms with Gasteiger partial charge in [-0.1, -0.05) is 12.1 Å². The summed E-state index contributed by atoms with van der Waals surface area (Å²) < 4.78 is 1.82. The van der Waals surface area contributed by atoms with Crippen LogP contribution in [0.3, 0.4) is 0 Å². The van der Waals surface area contributed by atoms with E-state index in [1.54, 1.807) is 0 Å². The fourth-order valence-electron chi connectivity index (χ4n) is 1.31. The average Bonchev–Trinajstić information content (AvgIpc) is 2.56. The fourth-order valence-corrected chi connectivity index (χ4v) is 1.31. The van der Waals surface area contributed by atoms with Crippen molar-refractivity contribution in [1.29, 1.82) is 0 Å². The minimum atomic E-state index is 0.182. The molecule has 0 aliphatic carbocycles. The van der Waals surface area contributed by atoms with Crippen LogP contribution in [0.1, 0.15) is 24.7 Å². The first-order valence-corrected chi connectivity index (χ1v) is 4.55. The summed E-state index contributed by atoms with van der Waals surface area (Å²) in [6, 6.07) is 0. The van der Waals surface area contributed by atoms with Crippen molar-refractivity contribution in [3.05, 3.63) is 11.4 Å². The maximum absolute atomic E-state index is 8.67. The molecule has 0 saturated carbocycles. The Morgan fingerprint density at radius 3 is 2.85 bits per heavy atom. The molecule has 0 unspecified atom stereocenters. The molecule has 0 atom stereocenters. The van der Waals surface area contributed by atoms with Gasteiger partial charge < -0.3 is 10.8 Å². The fraction of sp³-hybridized carbons (Fsp3) is 0.750. The van der Waals surface area contributed by atoms with Gasteiger partial charge >= 0.3 is 0 Å². The molecule has 0 aromatic carbocycles. The number of aliphatic hydroxyl groups is 1. The van der Waals surface area contributed by atoms with E-state index in [0.29, 0.717) is 19.5 Å². The lowest BCUT2D eigenvalue weighted by Gasteiger charge is -2.03. The van der Waals surface area contributed by atoms with Gasteiger partial charge in [0.25, 0.3) is 0 Å². The van der Waals surface area contributed by atoms with E-state index in [4.69, 9.17) is 10.8 Å². The molecule has 0 radical (unpaired) electrons. The zero-order valence-corrected chi connectivity index (χ0v) is 7.90. The summed E-state index contributed by atoms with van der Waals surface area (Å²) >= 11 is 0. The second kappa shape index (κ2) is 4.94. The average molecular weight is 184 g/mol. The van der Waals surface area contributed by atoms with Gasteiger partial charge in [0.1, 0.15) is 0 Å². The molecule has 0 saturated heterocycles. The van der Waals surface area contributed by atoms with Crippen molar-refractivity contribution in [2.45, 2.75) is 32.9 Å². The van der Waals surface area contributed by atoms with E-state index < -0.39 is 0 Å². The molecule has 0 aliphatic rings. The number of nitrogens with two attached hydrogens (primary N) is 1. The smallest absolute Gasteiger partial charge is 0.0994 e. The molecule has 3 N–H and O–H groups in total. The first-order valence-electron chi connectivity index (χ1n) is 4.55. The van der Waals surface area contributed by atoms with Gasteiger partial charge in [-0.15, -0.1) is 5.10 Å². The summed E-state index contributed by atoms with van der Waals surface area (Å²) in [6.45, 7) is 3.38. The molecule has 13 heavy (non-hydrogen) atoms. The molecule has 1 heterocycles. The van der Waals surface area contributed by atoms with Crippen LogP contribution in [0.25, 0.3) is 0 Å². The van der Waals surface area contributed by atoms with Gasteiger partial charge in [0, 0.05) is 19.7 Å². The van der Waals surface area contributed by atoms with Crippen LogP contribution in [-0.4, -0.2) is 26.7 Å². The summed E-state index contributed by atoms with van der Waals surface area (Å²) in [5.74, 6) is 0. The van der Waals surface area contributed by atoms with Crippen LogP contribution in [0.2, 0.25) is 0 Å². The Kier molecular flexibility index (Phi) is 3.85. The third-order valence-electron chi connectivity index (χ3n) is 1.97. The standard InChI is InChI=1S/C8H16N4O/c1-2-8-7(6-9)10-11-12(8)4-3-5-13/h13H,2-6,9H2,1H3. The Morgan fingerprint density at radius 1 is 1.54 bits per heavy atom. The second-order valence-corrected chi connectivity index (χ2v) is 2.84. The van der Waals surface area contributed by atoms with E-state index in [9.17, 15) is 0 Å². The molecule has 1 aromatic rings. The molecule has 1 aromatic heterocycles. The van der Waals surface area contributed by atoms with Crippen LogP contribution in [0, 0.1) is 0 Å². The van der Waals surface area contributed by atoms with Gasteiger partial charge in [-0.05, 0) is 12.8 Å². The lowest BCUT2D eigenvalue weighted by atomic mass is 10.2. The van der Waals surface area contributed by atoms with E-state index in [-0.39, 0.29) is 6.61 Å². The normalized spacial score (nSPS) is 10.7. The Bertz CT molecular complexity index is 259. The zero-order valence-electron chi connectivity index (χ0n) is 7.90. The van der Waals surface area contributed by atoms with Gasteiger partial charge in [0.2, 0.25) is 0 Å². The third-order valence-corrected chi connectivity index (χ3v) is 1.97. The Hall–Kier alpha value is -0.940. The van der Waals surface area contributed by atoms with Crippen LogP contribution in [-0.2, 0) is 19.5 Å². The Balaban J connectivity index is 2.75. The molecule has 0 fully saturated rings. The van der Waals surface area contributed by atoms with Crippen molar-refractivity contribution < 1.29 is 5.11 Å². The van der Waals surface area contributed by atoms with Gasteiger partial charge in [-0.25, -0.2) is 4.68 Å². The lowest BCUT2D eigenvalue weighted by molar-refractivity contribution is 0.275. The van der Waals surface area contributed by atoms with Crippen LogP contribution in [0.15, 0.2) is 0 Å². The highest BCUT2D eigenvalue weighted by molar-refractivity contribution is 5.09. The number of aryl methyl sites for hydroxylation is 1. The van der Waals surface area contributed by atoms with E-state index in [1.165, 1.54) is 0 Å². The first kappa shape index (κ1) is 10.1. The number of hydrogen-bond donors (Lipinski definition) is 2. The van der Waals surface area contributed by atoms with E-state index in [2.05, 4.69) is 10.3 Å².